The Morgan fingerprint density at radius 2 is 2.09 bits per heavy atom. The van der Waals surface area contributed by atoms with Gasteiger partial charge in [0.05, 0.1) is 5.69 Å². The summed E-state index contributed by atoms with van der Waals surface area (Å²) in [5.74, 6) is 0.00947. The van der Waals surface area contributed by atoms with Crippen LogP contribution in [0.1, 0.15) is 17.7 Å². The SMILES string of the molecule is Cc1ccccc1NC(=O)CCc1csc(-c2cccnc2)n1. The normalized spacial score (nSPS) is 10.5. The molecule has 116 valence electrons. The highest BCUT2D eigenvalue weighted by Gasteiger charge is 2.08. The van der Waals surface area contributed by atoms with E-state index in [1.165, 1.54) is 0 Å². The molecule has 0 spiro atoms. The summed E-state index contributed by atoms with van der Waals surface area (Å²) in [6.45, 7) is 1.98. The van der Waals surface area contributed by atoms with E-state index in [-0.39, 0.29) is 5.91 Å². The summed E-state index contributed by atoms with van der Waals surface area (Å²) in [7, 11) is 0. The molecular formula is C18H17N3OS. The van der Waals surface area contributed by atoms with Crippen LogP contribution in [0.4, 0.5) is 5.69 Å². The number of carbonyl (C=O) groups is 1. The summed E-state index contributed by atoms with van der Waals surface area (Å²) >= 11 is 1.58. The van der Waals surface area contributed by atoms with Gasteiger partial charge < -0.3 is 5.32 Å². The molecule has 23 heavy (non-hydrogen) atoms. The predicted octanol–water partition coefficient (Wildman–Crippen LogP) is 4.08. The standard InChI is InChI=1S/C18H17N3OS/c1-13-5-2-3-7-16(13)21-17(22)9-8-15-12-23-18(20-15)14-6-4-10-19-11-14/h2-7,10-12H,8-9H2,1H3,(H,21,22). The largest absolute Gasteiger partial charge is 0.326 e. The van der Waals surface area contributed by atoms with Crippen molar-refractivity contribution >= 4 is 22.9 Å². The van der Waals surface area contributed by atoms with Crippen LogP contribution in [0.2, 0.25) is 0 Å². The number of aromatic nitrogens is 2. The first-order valence-electron chi connectivity index (χ1n) is 7.42. The molecule has 1 amide bonds. The number of anilines is 1. The molecule has 2 aromatic heterocycles. The van der Waals surface area contributed by atoms with Crippen LogP contribution >= 0.6 is 11.3 Å². The van der Waals surface area contributed by atoms with Gasteiger partial charge in [0.15, 0.2) is 0 Å². The lowest BCUT2D eigenvalue weighted by Crippen LogP contribution is -2.13. The van der Waals surface area contributed by atoms with Crippen LogP contribution in [0.3, 0.4) is 0 Å². The lowest BCUT2D eigenvalue weighted by atomic mass is 10.2. The van der Waals surface area contributed by atoms with E-state index in [0.717, 1.165) is 27.5 Å². The van der Waals surface area contributed by atoms with Gasteiger partial charge in [-0.2, -0.15) is 0 Å². The fourth-order valence-electron chi connectivity index (χ4n) is 2.21. The van der Waals surface area contributed by atoms with Crippen LogP contribution in [-0.2, 0) is 11.2 Å². The van der Waals surface area contributed by atoms with Crippen molar-refractivity contribution in [2.24, 2.45) is 0 Å². The van der Waals surface area contributed by atoms with Crippen molar-refractivity contribution in [3.8, 4) is 10.6 Å². The molecule has 0 aliphatic rings. The zero-order chi connectivity index (χ0) is 16.1. The summed E-state index contributed by atoms with van der Waals surface area (Å²) < 4.78 is 0. The van der Waals surface area contributed by atoms with Gasteiger partial charge in [-0.3, -0.25) is 9.78 Å². The van der Waals surface area contributed by atoms with E-state index in [0.29, 0.717) is 12.8 Å². The number of hydrogen-bond acceptors (Lipinski definition) is 4. The number of hydrogen-bond donors (Lipinski definition) is 1. The number of amides is 1. The van der Waals surface area contributed by atoms with Crippen LogP contribution in [0.25, 0.3) is 10.6 Å². The monoisotopic (exact) mass is 323 g/mol. The number of benzene rings is 1. The Hall–Kier alpha value is -2.53. The maximum absolute atomic E-state index is 12.1. The second-order valence-corrected chi connectivity index (χ2v) is 6.11. The lowest BCUT2D eigenvalue weighted by molar-refractivity contribution is -0.116. The number of para-hydroxylation sites is 1. The molecule has 3 rings (SSSR count). The molecule has 0 saturated carbocycles. The highest BCUT2D eigenvalue weighted by Crippen LogP contribution is 2.23. The molecule has 0 fully saturated rings. The molecule has 0 bridgehead atoms. The molecule has 0 atom stereocenters. The minimum atomic E-state index is 0.00947. The average Bonchev–Trinajstić information content (AvgIpc) is 3.05. The van der Waals surface area contributed by atoms with Gasteiger partial charge in [-0.1, -0.05) is 18.2 Å². The van der Waals surface area contributed by atoms with E-state index < -0.39 is 0 Å². The van der Waals surface area contributed by atoms with Gasteiger partial charge in [0.2, 0.25) is 5.91 Å². The van der Waals surface area contributed by atoms with E-state index >= 15 is 0 Å². The molecule has 0 radical (unpaired) electrons. The fourth-order valence-corrected chi connectivity index (χ4v) is 3.06. The average molecular weight is 323 g/mol. The predicted molar refractivity (Wildman–Crippen MR) is 93.5 cm³/mol. The fraction of sp³-hybridized carbons (Fsp3) is 0.167. The third kappa shape index (κ3) is 4.02. The highest BCUT2D eigenvalue weighted by atomic mass is 32.1. The highest BCUT2D eigenvalue weighted by molar-refractivity contribution is 7.13. The molecule has 1 N–H and O–H groups in total. The Morgan fingerprint density at radius 1 is 1.22 bits per heavy atom. The molecular weight excluding hydrogens is 306 g/mol. The third-order valence-electron chi connectivity index (χ3n) is 3.49. The molecule has 1 aromatic carbocycles. The van der Waals surface area contributed by atoms with Crippen molar-refractivity contribution in [3.63, 3.8) is 0 Å². The molecule has 0 aliphatic carbocycles. The zero-order valence-corrected chi connectivity index (χ0v) is 13.6. The van der Waals surface area contributed by atoms with Crippen molar-refractivity contribution in [3.05, 3.63) is 65.4 Å². The van der Waals surface area contributed by atoms with Crippen LogP contribution in [0.5, 0.6) is 0 Å². The summed E-state index contributed by atoms with van der Waals surface area (Å²) in [6.07, 6.45) is 4.60. The van der Waals surface area contributed by atoms with Crippen LogP contribution in [0, 0.1) is 6.92 Å². The van der Waals surface area contributed by atoms with Crippen molar-refractivity contribution in [2.45, 2.75) is 19.8 Å². The Bertz CT molecular complexity index is 799. The molecule has 0 unspecified atom stereocenters. The smallest absolute Gasteiger partial charge is 0.224 e. The van der Waals surface area contributed by atoms with Crippen molar-refractivity contribution in [1.29, 1.82) is 0 Å². The molecule has 0 aliphatic heterocycles. The van der Waals surface area contributed by atoms with Gasteiger partial charge in [-0.15, -0.1) is 11.3 Å². The Labute approximate surface area is 139 Å². The second-order valence-electron chi connectivity index (χ2n) is 5.25. The van der Waals surface area contributed by atoms with E-state index in [1.807, 2.05) is 48.7 Å². The van der Waals surface area contributed by atoms with Crippen molar-refractivity contribution in [1.82, 2.24) is 9.97 Å². The van der Waals surface area contributed by atoms with Gasteiger partial charge in [-0.05, 0) is 37.1 Å². The summed E-state index contributed by atoms with van der Waals surface area (Å²) in [6, 6.07) is 11.7. The number of nitrogens with zero attached hydrogens (tertiary/aromatic N) is 2. The van der Waals surface area contributed by atoms with Gasteiger partial charge in [0.25, 0.3) is 0 Å². The summed E-state index contributed by atoms with van der Waals surface area (Å²) in [4.78, 5) is 20.7. The molecule has 4 nitrogen and oxygen atoms in total. The molecule has 5 heteroatoms. The number of aryl methyl sites for hydroxylation is 2. The number of thiazole rings is 1. The van der Waals surface area contributed by atoms with Gasteiger partial charge in [0, 0.05) is 35.4 Å². The number of carbonyl (C=O) groups excluding carboxylic acids is 1. The maximum atomic E-state index is 12.1. The lowest BCUT2D eigenvalue weighted by Gasteiger charge is -2.07. The third-order valence-corrected chi connectivity index (χ3v) is 4.43. The first-order valence-corrected chi connectivity index (χ1v) is 8.30. The van der Waals surface area contributed by atoms with Gasteiger partial charge in [-0.25, -0.2) is 4.98 Å². The Morgan fingerprint density at radius 3 is 2.87 bits per heavy atom. The maximum Gasteiger partial charge on any atom is 0.224 e. The van der Waals surface area contributed by atoms with Gasteiger partial charge >= 0.3 is 0 Å². The summed E-state index contributed by atoms with van der Waals surface area (Å²) in [5, 5.41) is 5.89. The van der Waals surface area contributed by atoms with E-state index in [9.17, 15) is 4.79 Å². The number of pyridine rings is 1. The minimum absolute atomic E-state index is 0.00947. The zero-order valence-electron chi connectivity index (χ0n) is 12.8. The van der Waals surface area contributed by atoms with E-state index in [4.69, 9.17) is 0 Å². The van der Waals surface area contributed by atoms with Crippen molar-refractivity contribution in [2.75, 3.05) is 5.32 Å². The Balaban J connectivity index is 1.58. The minimum Gasteiger partial charge on any atom is -0.326 e. The van der Waals surface area contributed by atoms with Crippen LogP contribution in [0.15, 0.2) is 54.2 Å². The second kappa shape index (κ2) is 7.15. The molecule has 2 heterocycles. The Kier molecular flexibility index (Phi) is 4.78. The van der Waals surface area contributed by atoms with Crippen LogP contribution < -0.4 is 5.32 Å². The number of rotatable bonds is 5. The molecule has 0 saturated heterocycles. The topological polar surface area (TPSA) is 54.9 Å². The van der Waals surface area contributed by atoms with Crippen LogP contribution in [-0.4, -0.2) is 15.9 Å². The first kappa shape index (κ1) is 15.4. The van der Waals surface area contributed by atoms with Gasteiger partial charge in [0.1, 0.15) is 5.01 Å². The van der Waals surface area contributed by atoms with E-state index in [2.05, 4.69) is 15.3 Å². The van der Waals surface area contributed by atoms with Crippen molar-refractivity contribution < 1.29 is 4.79 Å². The number of nitrogens with one attached hydrogen (secondary N) is 1. The molecule has 3 aromatic rings. The first-order chi connectivity index (χ1) is 11.2. The van der Waals surface area contributed by atoms with E-state index in [1.54, 1.807) is 23.7 Å². The summed E-state index contributed by atoms with van der Waals surface area (Å²) in [5.41, 5.74) is 3.88. The quantitative estimate of drug-likeness (QED) is 0.769.